The number of halogens is 1. The van der Waals surface area contributed by atoms with Crippen LogP contribution in [-0.4, -0.2) is 26.5 Å². The summed E-state index contributed by atoms with van der Waals surface area (Å²) >= 11 is 0. The molecule has 1 aromatic rings. The van der Waals surface area contributed by atoms with Crippen molar-refractivity contribution in [2.45, 2.75) is 26.3 Å². The average Bonchev–Trinajstić information content (AvgIpc) is 2.36. The zero-order valence-electron chi connectivity index (χ0n) is 11.2. The van der Waals surface area contributed by atoms with Crippen LogP contribution in [0.15, 0.2) is 18.2 Å². The van der Waals surface area contributed by atoms with E-state index < -0.39 is 9.84 Å². The third kappa shape index (κ3) is 5.16. The largest absolute Gasteiger partial charge is 0.493 e. The van der Waals surface area contributed by atoms with Gasteiger partial charge in [-0.15, -0.1) is 0 Å². The second-order valence-electron chi connectivity index (χ2n) is 4.41. The molecular weight excluding hydrogens is 269 g/mol. The van der Waals surface area contributed by atoms with E-state index in [0.29, 0.717) is 17.7 Å². The fourth-order valence-corrected chi connectivity index (χ4v) is 2.46. The molecule has 0 aliphatic rings. The van der Waals surface area contributed by atoms with E-state index in [0.717, 1.165) is 0 Å². The summed E-state index contributed by atoms with van der Waals surface area (Å²) in [4.78, 5) is 0. The number of benzene rings is 1. The minimum absolute atomic E-state index is 0.0954. The van der Waals surface area contributed by atoms with E-state index in [-0.39, 0.29) is 30.0 Å². The molecule has 1 rings (SSSR count). The van der Waals surface area contributed by atoms with Crippen LogP contribution in [0.5, 0.6) is 5.75 Å². The molecule has 4 nitrogen and oxygen atoms in total. The highest BCUT2D eigenvalue weighted by Crippen LogP contribution is 2.24. The van der Waals surface area contributed by atoms with Gasteiger partial charge in [-0.2, -0.15) is 0 Å². The molecule has 0 fully saturated rings. The van der Waals surface area contributed by atoms with Gasteiger partial charge in [0.25, 0.3) is 0 Å². The topological polar surface area (TPSA) is 69.4 Å². The molecule has 0 aliphatic carbocycles. The van der Waals surface area contributed by atoms with E-state index in [4.69, 9.17) is 10.5 Å². The Morgan fingerprint density at radius 3 is 2.68 bits per heavy atom. The highest BCUT2D eigenvalue weighted by atomic mass is 32.2. The highest BCUT2D eigenvalue weighted by molar-refractivity contribution is 7.91. The summed E-state index contributed by atoms with van der Waals surface area (Å²) in [5, 5.41) is 0. The van der Waals surface area contributed by atoms with Crippen LogP contribution in [0.3, 0.4) is 0 Å². The Bertz CT molecular complexity index is 515. The van der Waals surface area contributed by atoms with Crippen LogP contribution in [0.4, 0.5) is 4.39 Å². The summed E-state index contributed by atoms with van der Waals surface area (Å²) in [6.45, 7) is 3.62. The van der Waals surface area contributed by atoms with Crippen LogP contribution in [-0.2, 0) is 9.84 Å². The summed E-state index contributed by atoms with van der Waals surface area (Å²) in [6, 6.07) is 3.81. The van der Waals surface area contributed by atoms with Crippen molar-refractivity contribution in [1.29, 1.82) is 0 Å². The maximum absolute atomic E-state index is 13.1. The summed E-state index contributed by atoms with van der Waals surface area (Å²) in [7, 11) is -2.97. The van der Waals surface area contributed by atoms with Crippen molar-refractivity contribution in [2.75, 3.05) is 18.1 Å². The monoisotopic (exact) mass is 289 g/mol. The molecule has 0 saturated carbocycles. The summed E-state index contributed by atoms with van der Waals surface area (Å²) in [6.07, 6.45) is 0.409. The molecule has 2 N–H and O–H groups in total. The average molecular weight is 289 g/mol. The lowest BCUT2D eigenvalue weighted by Crippen LogP contribution is -2.13. The normalized spacial score (nSPS) is 13.3. The SMILES string of the molecule is CCS(=O)(=O)CCCOc1ccc(F)cc1[C@H](C)N. The molecule has 0 radical (unpaired) electrons. The fourth-order valence-electron chi connectivity index (χ4n) is 1.61. The van der Waals surface area contributed by atoms with Crippen LogP contribution >= 0.6 is 0 Å². The van der Waals surface area contributed by atoms with Gasteiger partial charge in [0.2, 0.25) is 0 Å². The van der Waals surface area contributed by atoms with Crippen molar-refractivity contribution in [3.8, 4) is 5.75 Å². The Labute approximate surface area is 113 Å². The first-order chi connectivity index (χ1) is 8.85. The fraction of sp³-hybridized carbons (Fsp3) is 0.538. The molecule has 0 bridgehead atoms. The van der Waals surface area contributed by atoms with E-state index in [9.17, 15) is 12.8 Å². The molecule has 1 atom stereocenters. The van der Waals surface area contributed by atoms with Crippen LogP contribution in [0.25, 0.3) is 0 Å². The molecule has 1 aromatic carbocycles. The van der Waals surface area contributed by atoms with Gasteiger partial charge in [-0.05, 0) is 31.5 Å². The number of nitrogens with two attached hydrogens (primary N) is 1. The van der Waals surface area contributed by atoms with Crippen molar-refractivity contribution in [3.05, 3.63) is 29.6 Å². The van der Waals surface area contributed by atoms with Gasteiger partial charge in [0.15, 0.2) is 0 Å². The molecule has 0 spiro atoms. The lowest BCUT2D eigenvalue weighted by atomic mass is 10.1. The van der Waals surface area contributed by atoms with Gasteiger partial charge >= 0.3 is 0 Å². The second-order valence-corrected chi connectivity index (χ2v) is 6.88. The molecule has 0 aromatic heterocycles. The van der Waals surface area contributed by atoms with Crippen molar-refractivity contribution >= 4 is 9.84 Å². The lowest BCUT2D eigenvalue weighted by molar-refractivity contribution is 0.312. The van der Waals surface area contributed by atoms with Crippen LogP contribution in [0.2, 0.25) is 0 Å². The second kappa shape index (κ2) is 6.86. The number of sulfone groups is 1. The summed E-state index contributed by atoms with van der Waals surface area (Å²) in [5.74, 6) is 0.367. The minimum Gasteiger partial charge on any atom is -0.493 e. The van der Waals surface area contributed by atoms with E-state index in [1.807, 2.05) is 0 Å². The van der Waals surface area contributed by atoms with Crippen LogP contribution in [0.1, 0.15) is 31.9 Å². The van der Waals surface area contributed by atoms with Gasteiger partial charge < -0.3 is 10.5 Å². The molecule has 0 saturated heterocycles. The Morgan fingerprint density at radius 2 is 2.11 bits per heavy atom. The van der Waals surface area contributed by atoms with Crippen molar-refractivity contribution in [3.63, 3.8) is 0 Å². The number of hydrogen-bond acceptors (Lipinski definition) is 4. The van der Waals surface area contributed by atoms with E-state index in [2.05, 4.69) is 0 Å². The van der Waals surface area contributed by atoms with Crippen molar-refractivity contribution in [2.24, 2.45) is 5.73 Å². The van der Waals surface area contributed by atoms with Gasteiger partial charge in [0.1, 0.15) is 21.4 Å². The van der Waals surface area contributed by atoms with E-state index in [1.54, 1.807) is 13.8 Å². The Kier molecular flexibility index (Phi) is 5.75. The van der Waals surface area contributed by atoms with Gasteiger partial charge in [-0.3, -0.25) is 0 Å². The first kappa shape index (κ1) is 15.9. The third-order valence-corrected chi connectivity index (χ3v) is 4.55. The Hall–Kier alpha value is -1.14. The molecule has 19 heavy (non-hydrogen) atoms. The molecule has 0 amide bonds. The number of ether oxygens (including phenoxy) is 1. The maximum atomic E-state index is 13.1. The highest BCUT2D eigenvalue weighted by Gasteiger charge is 2.11. The van der Waals surface area contributed by atoms with Crippen molar-refractivity contribution in [1.82, 2.24) is 0 Å². The predicted molar refractivity (Wildman–Crippen MR) is 73.4 cm³/mol. The zero-order chi connectivity index (χ0) is 14.5. The van der Waals surface area contributed by atoms with Gasteiger partial charge in [-0.25, -0.2) is 12.8 Å². The first-order valence-corrected chi connectivity index (χ1v) is 8.06. The van der Waals surface area contributed by atoms with Gasteiger partial charge in [0, 0.05) is 17.4 Å². The molecule has 0 unspecified atom stereocenters. The Balaban J connectivity index is 2.59. The minimum atomic E-state index is -2.97. The standard InChI is InChI=1S/C13H20FNO3S/c1-3-19(16,17)8-4-7-18-13-6-5-11(14)9-12(13)10(2)15/h5-6,9-10H,3-4,7-8,15H2,1-2H3/t10-/m0/s1. The Morgan fingerprint density at radius 1 is 1.42 bits per heavy atom. The van der Waals surface area contributed by atoms with E-state index in [1.165, 1.54) is 18.2 Å². The van der Waals surface area contributed by atoms with Gasteiger partial charge in [0.05, 0.1) is 12.4 Å². The third-order valence-electron chi connectivity index (χ3n) is 2.76. The number of rotatable bonds is 7. The van der Waals surface area contributed by atoms with E-state index >= 15 is 0 Å². The smallest absolute Gasteiger partial charge is 0.150 e. The molecule has 0 aliphatic heterocycles. The predicted octanol–water partition coefficient (Wildman–Crippen LogP) is 2.05. The van der Waals surface area contributed by atoms with Crippen LogP contribution in [0, 0.1) is 5.82 Å². The molecule has 0 heterocycles. The first-order valence-electron chi connectivity index (χ1n) is 6.24. The molecule has 108 valence electrons. The maximum Gasteiger partial charge on any atom is 0.150 e. The lowest BCUT2D eigenvalue weighted by Gasteiger charge is -2.14. The summed E-state index contributed by atoms with van der Waals surface area (Å²) < 4.78 is 41.2. The molecule has 6 heteroatoms. The van der Waals surface area contributed by atoms with Crippen LogP contribution < -0.4 is 10.5 Å². The molecular formula is C13H20FNO3S. The van der Waals surface area contributed by atoms with Gasteiger partial charge in [-0.1, -0.05) is 6.92 Å². The zero-order valence-corrected chi connectivity index (χ0v) is 12.0. The summed E-state index contributed by atoms with van der Waals surface area (Å²) in [5.41, 5.74) is 6.32. The van der Waals surface area contributed by atoms with Crippen molar-refractivity contribution < 1.29 is 17.5 Å². The number of hydrogen-bond donors (Lipinski definition) is 1. The quantitative estimate of drug-likeness (QED) is 0.780.